The molecule has 0 aliphatic carbocycles. The second kappa shape index (κ2) is 6.46. The van der Waals surface area contributed by atoms with Crippen molar-refractivity contribution < 1.29 is 28.5 Å². The van der Waals surface area contributed by atoms with Crippen LogP contribution in [0, 0.1) is 0 Å². The zero-order valence-electron chi connectivity index (χ0n) is 14.3. The number of aliphatic hydroxyl groups excluding tert-OH is 3. The van der Waals surface area contributed by atoms with Gasteiger partial charge in [-0.25, -0.2) is 23.4 Å². The monoisotopic (exact) mass is 407 g/mol. The highest BCUT2D eigenvalue weighted by atomic mass is 32.2. The standard InChI is InChI=1S/C16H17N5O6S/c17-14-11-15(19-7-18-14)21(8-20-11)16(13(24)12(23)10(6-22)27-16)28(25,26)9-4-2-1-3-5-9/h1-5,7-8,10,12-13,22-24H,6H2,(H2,17,18,19)/t10-,12-,13-,16+/m1/s1. The predicted octanol–water partition coefficient (Wildman–Crippen LogP) is -1.39. The zero-order valence-corrected chi connectivity index (χ0v) is 15.1. The fourth-order valence-corrected chi connectivity index (χ4v) is 5.27. The van der Waals surface area contributed by atoms with E-state index in [1.54, 1.807) is 6.07 Å². The summed E-state index contributed by atoms with van der Waals surface area (Å²) < 4.78 is 33.8. The summed E-state index contributed by atoms with van der Waals surface area (Å²) in [5.74, 6) is 0.00255. The van der Waals surface area contributed by atoms with Crippen molar-refractivity contribution in [3.63, 3.8) is 0 Å². The number of fused-ring (bicyclic) bond motifs is 1. The second-order valence-corrected chi connectivity index (χ2v) is 8.33. The summed E-state index contributed by atoms with van der Waals surface area (Å²) in [6, 6.07) is 7.30. The van der Waals surface area contributed by atoms with Crippen molar-refractivity contribution in [1.29, 1.82) is 0 Å². The van der Waals surface area contributed by atoms with Crippen LogP contribution in [0.4, 0.5) is 5.82 Å². The lowest BCUT2D eigenvalue weighted by atomic mass is 10.1. The highest BCUT2D eigenvalue weighted by Crippen LogP contribution is 2.44. The Bertz CT molecular complexity index is 1120. The minimum Gasteiger partial charge on any atom is -0.394 e. The number of hydrogen-bond donors (Lipinski definition) is 4. The lowest BCUT2D eigenvalue weighted by molar-refractivity contribution is -0.0842. The van der Waals surface area contributed by atoms with Crippen molar-refractivity contribution in [2.45, 2.75) is 28.3 Å². The highest BCUT2D eigenvalue weighted by Gasteiger charge is 2.64. The molecule has 0 amide bonds. The first kappa shape index (κ1) is 18.7. The van der Waals surface area contributed by atoms with Gasteiger partial charge in [-0.1, -0.05) is 18.2 Å². The van der Waals surface area contributed by atoms with Gasteiger partial charge in [-0.2, -0.15) is 0 Å². The third kappa shape index (κ3) is 2.36. The Morgan fingerprint density at radius 2 is 1.89 bits per heavy atom. The first-order chi connectivity index (χ1) is 13.3. The van der Waals surface area contributed by atoms with Gasteiger partial charge in [0.05, 0.1) is 11.5 Å². The molecule has 3 aromatic rings. The molecular weight excluding hydrogens is 390 g/mol. The quantitative estimate of drug-likeness (QED) is 0.403. The molecule has 148 valence electrons. The van der Waals surface area contributed by atoms with Gasteiger partial charge in [0.2, 0.25) is 9.84 Å². The van der Waals surface area contributed by atoms with Crippen molar-refractivity contribution in [2.75, 3.05) is 12.3 Å². The average Bonchev–Trinajstić information content (AvgIpc) is 3.24. The van der Waals surface area contributed by atoms with Gasteiger partial charge in [0.15, 0.2) is 11.5 Å². The lowest BCUT2D eigenvalue weighted by Gasteiger charge is -2.32. The summed E-state index contributed by atoms with van der Waals surface area (Å²) in [4.78, 5) is 11.7. The van der Waals surface area contributed by atoms with Gasteiger partial charge >= 0.3 is 0 Å². The van der Waals surface area contributed by atoms with Gasteiger partial charge in [0.1, 0.15) is 36.5 Å². The molecule has 0 unspecified atom stereocenters. The van der Waals surface area contributed by atoms with E-state index in [1.165, 1.54) is 24.3 Å². The fourth-order valence-electron chi connectivity index (χ4n) is 3.32. The summed E-state index contributed by atoms with van der Waals surface area (Å²) in [6.07, 6.45) is -2.79. The summed E-state index contributed by atoms with van der Waals surface area (Å²) in [5, 5.41) is 28.1. The maximum absolute atomic E-state index is 13.6. The topological polar surface area (TPSA) is 174 Å². The number of nitrogen functional groups attached to an aromatic ring is 1. The number of aliphatic hydroxyl groups is 3. The van der Waals surface area contributed by atoms with Crippen LogP contribution in [-0.4, -0.2) is 68.2 Å². The fraction of sp³-hybridized carbons (Fsp3) is 0.312. The lowest BCUT2D eigenvalue weighted by Crippen LogP contribution is -2.51. The van der Waals surface area contributed by atoms with Crippen molar-refractivity contribution in [1.82, 2.24) is 19.5 Å². The molecule has 4 atom stereocenters. The molecule has 1 aromatic carbocycles. The van der Waals surface area contributed by atoms with Crippen LogP contribution in [0.15, 0.2) is 47.9 Å². The molecule has 0 bridgehead atoms. The SMILES string of the molecule is Nc1ncnc2c1ncn2[C@]1(S(=O)(=O)c2ccccc2)O[C@H](CO)[C@@H](O)[C@H]1O. The number of rotatable bonds is 4. The van der Waals surface area contributed by atoms with Crippen LogP contribution in [0.2, 0.25) is 0 Å². The van der Waals surface area contributed by atoms with Crippen molar-refractivity contribution in [3.8, 4) is 0 Å². The first-order valence-corrected chi connectivity index (χ1v) is 9.71. The molecule has 0 saturated carbocycles. The Balaban J connectivity index is 2.05. The summed E-state index contributed by atoms with van der Waals surface area (Å²) in [5.41, 5.74) is 5.86. The van der Waals surface area contributed by atoms with Gasteiger partial charge in [-0.15, -0.1) is 0 Å². The van der Waals surface area contributed by atoms with E-state index in [-0.39, 0.29) is 21.9 Å². The van der Waals surface area contributed by atoms with E-state index in [1.807, 2.05) is 0 Å². The largest absolute Gasteiger partial charge is 0.394 e. The minimum absolute atomic E-state index is 0.00255. The Kier molecular flexibility index (Phi) is 4.32. The molecule has 11 nitrogen and oxygen atoms in total. The molecule has 1 saturated heterocycles. The first-order valence-electron chi connectivity index (χ1n) is 8.23. The third-order valence-electron chi connectivity index (χ3n) is 4.71. The summed E-state index contributed by atoms with van der Waals surface area (Å²) in [7, 11) is -4.47. The number of nitrogens with zero attached hydrogens (tertiary/aromatic N) is 4. The maximum atomic E-state index is 13.6. The molecule has 28 heavy (non-hydrogen) atoms. The number of hydrogen-bond acceptors (Lipinski definition) is 10. The molecule has 3 heterocycles. The molecule has 0 spiro atoms. The van der Waals surface area contributed by atoms with Crippen LogP contribution in [0.5, 0.6) is 0 Å². The van der Waals surface area contributed by atoms with Crippen LogP contribution in [-0.2, 0) is 19.6 Å². The number of nitrogens with two attached hydrogens (primary N) is 1. The van der Waals surface area contributed by atoms with Crippen molar-refractivity contribution in [3.05, 3.63) is 43.0 Å². The van der Waals surface area contributed by atoms with Gasteiger partial charge in [0, 0.05) is 0 Å². The molecule has 2 aromatic heterocycles. The van der Waals surface area contributed by atoms with E-state index < -0.39 is 39.8 Å². The van der Waals surface area contributed by atoms with E-state index >= 15 is 0 Å². The average molecular weight is 407 g/mol. The molecular formula is C16H17N5O6S. The predicted molar refractivity (Wildman–Crippen MR) is 95.3 cm³/mol. The summed E-state index contributed by atoms with van der Waals surface area (Å²) >= 11 is 0. The van der Waals surface area contributed by atoms with E-state index in [0.29, 0.717) is 0 Å². The Hall–Kier alpha value is -2.64. The Labute approximate surface area is 159 Å². The number of imidazole rings is 1. The number of benzene rings is 1. The van der Waals surface area contributed by atoms with E-state index in [9.17, 15) is 23.7 Å². The van der Waals surface area contributed by atoms with Crippen LogP contribution in [0.25, 0.3) is 11.2 Å². The second-order valence-electron chi connectivity index (χ2n) is 6.27. The Morgan fingerprint density at radius 1 is 1.18 bits per heavy atom. The number of ether oxygens (including phenoxy) is 1. The third-order valence-corrected chi connectivity index (χ3v) is 6.91. The van der Waals surface area contributed by atoms with E-state index in [2.05, 4.69) is 15.0 Å². The maximum Gasteiger partial charge on any atom is 0.286 e. The smallest absolute Gasteiger partial charge is 0.286 e. The molecule has 4 rings (SSSR count). The molecule has 1 aliphatic heterocycles. The molecule has 5 N–H and O–H groups in total. The molecule has 1 aliphatic rings. The number of aromatic nitrogens is 4. The van der Waals surface area contributed by atoms with Gasteiger partial charge < -0.3 is 25.8 Å². The van der Waals surface area contributed by atoms with Gasteiger partial charge in [-0.3, -0.25) is 4.57 Å². The van der Waals surface area contributed by atoms with E-state index in [4.69, 9.17) is 10.5 Å². The minimum atomic E-state index is -4.47. The van der Waals surface area contributed by atoms with Crippen molar-refractivity contribution >= 4 is 26.8 Å². The van der Waals surface area contributed by atoms with Gasteiger partial charge in [0.25, 0.3) is 5.06 Å². The highest BCUT2D eigenvalue weighted by molar-refractivity contribution is 7.92. The molecule has 12 heteroatoms. The van der Waals surface area contributed by atoms with Crippen LogP contribution in [0.3, 0.4) is 0 Å². The molecule has 0 radical (unpaired) electrons. The summed E-state index contributed by atoms with van der Waals surface area (Å²) in [6.45, 7) is -0.714. The zero-order chi connectivity index (χ0) is 20.1. The number of sulfone groups is 1. The Morgan fingerprint density at radius 3 is 2.54 bits per heavy atom. The number of anilines is 1. The van der Waals surface area contributed by atoms with Crippen LogP contribution < -0.4 is 5.73 Å². The molecule has 1 fully saturated rings. The van der Waals surface area contributed by atoms with Gasteiger partial charge in [-0.05, 0) is 12.1 Å². The van der Waals surface area contributed by atoms with Crippen LogP contribution >= 0.6 is 0 Å². The van der Waals surface area contributed by atoms with Crippen LogP contribution in [0.1, 0.15) is 0 Å². The van der Waals surface area contributed by atoms with E-state index in [0.717, 1.165) is 17.2 Å². The van der Waals surface area contributed by atoms with Crippen molar-refractivity contribution in [2.24, 2.45) is 0 Å². The normalized spacial score (nSPS) is 28.0.